The molecule has 0 bridgehead atoms. The second kappa shape index (κ2) is 9.36. The number of hydrogen-bond acceptors (Lipinski definition) is 4. The molecule has 1 amide bonds. The SMILES string of the molecule is COc1ccc(CN2CCN(CC(=O)NCc3ccccc3)CC2)cc1. The number of rotatable bonds is 7. The zero-order valence-corrected chi connectivity index (χ0v) is 15.4. The molecule has 2 aromatic carbocycles. The molecule has 1 heterocycles. The average Bonchev–Trinajstić information content (AvgIpc) is 2.69. The Morgan fingerprint density at radius 2 is 1.58 bits per heavy atom. The molecule has 0 saturated carbocycles. The van der Waals surface area contributed by atoms with Gasteiger partial charge in [-0.05, 0) is 23.3 Å². The van der Waals surface area contributed by atoms with E-state index >= 15 is 0 Å². The molecule has 0 radical (unpaired) electrons. The fourth-order valence-electron chi connectivity index (χ4n) is 3.15. The summed E-state index contributed by atoms with van der Waals surface area (Å²) in [5, 5.41) is 3.00. The van der Waals surface area contributed by atoms with Crippen LogP contribution in [0.5, 0.6) is 5.75 Å². The summed E-state index contributed by atoms with van der Waals surface area (Å²) in [6.07, 6.45) is 0. The maximum absolute atomic E-state index is 12.1. The highest BCUT2D eigenvalue weighted by atomic mass is 16.5. The van der Waals surface area contributed by atoms with Gasteiger partial charge in [-0.1, -0.05) is 42.5 Å². The molecule has 1 N–H and O–H groups in total. The normalized spacial score (nSPS) is 15.6. The van der Waals surface area contributed by atoms with E-state index in [1.54, 1.807) is 7.11 Å². The van der Waals surface area contributed by atoms with E-state index in [1.807, 2.05) is 42.5 Å². The number of nitrogens with zero attached hydrogens (tertiary/aromatic N) is 2. The third kappa shape index (κ3) is 5.58. The van der Waals surface area contributed by atoms with Crippen LogP contribution in [-0.2, 0) is 17.9 Å². The van der Waals surface area contributed by atoms with Gasteiger partial charge < -0.3 is 10.1 Å². The fraction of sp³-hybridized carbons (Fsp3) is 0.381. The maximum atomic E-state index is 12.1. The van der Waals surface area contributed by atoms with E-state index in [1.165, 1.54) is 5.56 Å². The van der Waals surface area contributed by atoms with Crippen molar-refractivity contribution >= 4 is 5.91 Å². The number of methoxy groups -OCH3 is 1. The van der Waals surface area contributed by atoms with E-state index in [0.717, 1.165) is 44.0 Å². The van der Waals surface area contributed by atoms with Crippen LogP contribution in [0.1, 0.15) is 11.1 Å². The summed E-state index contributed by atoms with van der Waals surface area (Å²) in [5.74, 6) is 0.984. The first-order chi connectivity index (χ1) is 12.7. The Morgan fingerprint density at radius 1 is 0.923 bits per heavy atom. The molecule has 1 fully saturated rings. The lowest BCUT2D eigenvalue weighted by Gasteiger charge is -2.34. The Labute approximate surface area is 155 Å². The Morgan fingerprint density at radius 3 is 2.23 bits per heavy atom. The average molecular weight is 353 g/mol. The van der Waals surface area contributed by atoms with Crippen molar-refractivity contribution in [2.45, 2.75) is 13.1 Å². The van der Waals surface area contributed by atoms with Gasteiger partial charge in [0.1, 0.15) is 5.75 Å². The summed E-state index contributed by atoms with van der Waals surface area (Å²) in [4.78, 5) is 16.8. The van der Waals surface area contributed by atoms with Gasteiger partial charge in [-0.2, -0.15) is 0 Å². The largest absolute Gasteiger partial charge is 0.497 e. The number of amides is 1. The van der Waals surface area contributed by atoms with Crippen LogP contribution in [0.2, 0.25) is 0 Å². The van der Waals surface area contributed by atoms with E-state index in [0.29, 0.717) is 13.1 Å². The molecule has 2 aromatic rings. The molecule has 0 atom stereocenters. The van der Waals surface area contributed by atoms with Crippen molar-refractivity contribution in [1.29, 1.82) is 0 Å². The van der Waals surface area contributed by atoms with Gasteiger partial charge in [-0.3, -0.25) is 14.6 Å². The molecule has 1 aliphatic rings. The number of carbonyl (C=O) groups excluding carboxylic acids is 1. The molecule has 3 rings (SSSR count). The number of benzene rings is 2. The highest BCUT2D eigenvalue weighted by Gasteiger charge is 2.18. The topological polar surface area (TPSA) is 44.8 Å². The second-order valence-corrected chi connectivity index (χ2v) is 6.66. The highest BCUT2D eigenvalue weighted by Crippen LogP contribution is 2.14. The maximum Gasteiger partial charge on any atom is 0.234 e. The van der Waals surface area contributed by atoms with Crippen LogP contribution in [-0.4, -0.2) is 55.5 Å². The van der Waals surface area contributed by atoms with Gasteiger partial charge in [0.15, 0.2) is 0 Å². The Hall–Kier alpha value is -2.37. The lowest BCUT2D eigenvalue weighted by Crippen LogP contribution is -2.49. The van der Waals surface area contributed by atoms with Gasteiger partial charge in [0.2, 0.25) is 5.91 Å². The summed E-state index contributed by atoms with van der Waals surface area (Å²) >= 11 is 0. The minimum atomic E-state index is 0.0949. The predicted molar refractivity (Wildman–Crippen MR) is 103 cm³/mol. The molecule has 0 spiro atoms. The Bertz CT molecular complexity index is 680. The van der Waals surface area contributed by atoms with Crippen molar-refractivity contribution < 1.29 is 9.53 Å². The number of piperazine rings is 1. The lowest BCUT2D eigenvalue weighted by molar-refractivity contribution is -0.122. The molecule has 26 heavy (non-hydrogen) atoms. The molecule has 5 heteroatoms. The van der Waals surface area contributed by atoms with Crippen LogP contribution in [0, 0.1) is 0 Å². The number of carbonyl (C=O) groups is 1. The summed E-state index contributed by atoms with van der Waals surface area (Å²) in [6.45, 7) is 5.83. The first-order valence-electron chi connectivity index (χ1n) is 9.11. The van der Waals surface area contributed by atoms with E-state index in [-0.39, 0.29) is 5.91 Å². The quantitative estimate of drug-likeness (QED) is 0.828. The highest BCUT2D eigenvalue weighted by molar-refractivity contribution is 5.78. The van der Waals surface area contributed by atoms with Gasteiger partial charge >= 0.3 is 0 Å². The van der Waals surface area contributed by atoms with E-state index in [9.17, 15) is 4.79 Å². The van der Waals surface area contributed by atoms with Gasteiger partial charge in [0, 0.05) is 39.3 Å². The third-order valence-corrected chi connectivity index (χ3v) is 4.73. The Balaban J connectivity index is 1.37. The van der Waals surface area contributed by atoms with Crippen LogP contribution in [0.4, 0.5) is 0 Å². The van der Waals surface area contributed by atoms with Crippen LogP contribution in [0.3, 0.4) is 0 Å². The van der Waals surface area contributed by atoms with Crippen LogP contribution < -0.4 is 10.1 Å². The summed E-state index contributed by atoms with van der Waals surface area (Å²) in [7, 11) is 1.68. The molecule has 0 unspecified atom stereocenters. The molecule has 0 aliphatic carbocycles. The zero-order valence-electron chi connectivity index (χ0n) is 15.4. The van der Waals surface area contributed by atoms with Crippen molar-refractivity contribution in [2.75, 3.05) is 39.8 Å². The summed E-state index contributed by atoms with van der Waals surface area (Å²) in [5.41, 5.74) is 2.42. The summed E-state index contributed by atoms with van der Waals surface area (Å²) in [6, 6.07) is 18.2. The second-order valence-electron chi connectivity index (χ2n) is 6.66. The van der Waals surface area contributed by atoms with Crippen molar-refractivity contribution in [2.24, 2.45) is 0 Å². The molecule has 1 saturated heterocycles. The van der Waals surface area contributed by atoms with E-state index in [2.05, 4.69) is 27.2 Å². The van der Waals surface area contributed by atoms with Gasteiger partial charge in [0.05, 0.1) is 13.7 Å². The number of ether oxygens (including phenoxy) is 1. The van der Waals surface area contributed by atoms with Crippen molar-refractivity contribution in [3.05, 3.63) is 65.7 Å². The first kappa shape index (κ1) is 18.4. The van der Waals surface area contributed by atoms with E-state index in [4.69, 9.17) is 4.74 Å². The van der Waals surface area contributed by atoms with E-state index < -0.39 is 0 Å². The van der Waals surface area contributed by atoms with Crippen LogP contribution in [0.15, 0.2) is 54.6 Å². The molecular weight excluding hydrogens is 326 g/mol. The third-order valence-electron chi connectivity index (χ3n) is 4.73. The number of nitrogens with one attached hydrogen (secondary N) is 1. The molecule has 138 valence electrons. The molecule has 1 aliphatic heterocycles. The predicted octanol–water partition coefficient (Wildman–Crippen LogP) is 2.13. The van der Waals surface area contributed by atoms with Crippen molar-refractivity contribution in [3.8, 4) is 5.75 Å². The van der Waals surface area contributed by atoms with Gasteiger partial charge in [0.25, 0.3) is 0 Å². The Kier molecular flexibility index (Phi) is 6.63. The number of hydrogen-bond donors (Lipinski definition) is 1. The smallest absolute Gasteiger partial charge is 0.234 e. The standard InChI is InChI=1S/C21H27N3O2/c1-26-20-9-7-19(8-10-20)16-23-11-13-24(14-12-23)17-21(25)22-15-18-5-3-2-4-6-18/h2-10H,11-17H2,1H3,(H,22,25). The van der Waals surface area contributed by atoms with Crippen molar-refractivity contribution in [1.82, 2.24) is 15.1 Å². The minimum absolute atomic E-state index is 0.0949. The summed E-state index contributed by atoms with van der Waals surface area (Å²) < 4.78 is 5.20. The monoisotopic (exact) mass is 353 g/mol. The first-order valence-corrected chi connectivity index (χ1v) is 9.11. The van der Waals surface area contributed by atoms with Gasteiger partial charge in [-0.15, -0.1) is 0 Å². The van der Waals surface area contributed by atoms with Crippen LogP contribution in [0.25, 0.3) is 0 Å². The fourth-order valence-corrected chi connectivity index (χ4v) is 3.15. The molecule has 0 aromatic heterocycles. The van der Waals surface area contributed by atoms with Crippen LogP contribution >= 0.6 is 0 Å². The minimum Gasteiger partial charge on any atom is -0.497 e. The van der Waals surface area contributed by atoms with Crippen molar-refractivity contribution in [3.63, 3.8) is 0 Å². The lowest BCUT2D eigenvalue weighted by atomic mass is 10.2. The molecular formula is C21H27N3O2. The molecule has 5 nitrogen and oxygen atoms in total. The zero-order chi connectivity index (χ0) is 18.2. The van der Waals surface area contributed by atoms with Gasteiger partial charge in [-0.25, -0.2) is 0 Å².